The maximum atomic E-state index is 12.5. The number of carboxylic acids is 1. The lowest BCUT2D eigenvalue weighted by atomic mass is 9.80. The number of carbonyl (C=O) groups is 2. The molecule has 0 aliphatic carbocycles. The van der Waals surface area contributed by atoms with E-state index in [1.807, 2.05) is 30.3 Å². The zero-order valence-electron chi connectivity index (χ0n) is 17.7. The van der Waals surface area contributed by atoms with E-state index in [4.69, 9.17) is 9.84 Å². The Hall–Kier alpha value is -3.56. The molecule has 0 saturated carbocycles. The van der Waals surface area contributed by atoms with Crippen molar-refractivity contribution < 1.29 is 19.4 Å². The van der Waals surface area contributed by atoms with E-state index in [0.29, 0.717) is 17.7 Å². The number of aromatic carboxylic acids is 1. The highest BCUT2D eigenvalue weighted by atomic mass is 32.2. The molecule has 1 aromatic heterocycles. The van der Waals surface area contributed by atoms with Crippen LogP contribution in [0.3, 0.4) is 0 Å². The fraction of sp³-hybridized carbons (Fsp3) is 0.192. The molecule has 0 spiro atoms. The number of esters is 1. The second-order valence-electron chi connectivity index (χ2n) is 8.10. The highest BCUT2D eigenvalue weighted by Gasteiger charge is 2.35. The normalized spacial score (nSPS) is 16.2. The van der Waals surface area contributed by atoms with Crippen LogP contribution >= 0.6 is 11.8 Å². The SMILES string of the molecule is CC1(C)C[C@@H](OC(=O)c2ccccc2)Sc2ccc(C#Cc3ccc(C(=O)O)cn3)cc21. The zero-order valence-corrected chi connectivity index (χ0v) is 18.5. The predicted molar refractivity (Wildman–Crippen MR) is 123 cm³/mol. The van der Waals surface area contributed by atoms with Crippen LogP contribution in [0.15, 0.2) is 71.8 Å². The number of nitrogens with zero attached hydrogens (tertiary/aromatic N) is 1. The first-order valence-electron chi connectivity index (χ1n) is 10.1. The Labute approximate surface area is 190 Å². The van der Waals surface area contributed by atoms with Crippen molar-refractivity contribution in [1.82, 2.24) is 4.98 Å². The Morgan fingerprint density at radius 3 is 2.53 bits per heavy atom. The molecule has 1 aliphatic heterocycles. The molecular formula is C26H21NO4S. The summed E-state index contributed by atoms with van der Waals surface area (Å²) in [7, 11) is 0. The lowest BCUT2D eigenvalue weighted by Gasteiger charge is -2.36. The van der Waals surface area contributed by atoms with Crippen molar-refractivity contribution >= 4 is 23.7 Å². The molecule has 1 atom stereocenters. The molecule has 160 valence electrons. The van der Waals surface area contributed by atoms with E-state index >= 15 is 0 Å². The van der Waals surface area contributed by atoms with Gasteiger partial charge in [-0.25, -0.2) is 14.6 Å². The van der Waals surface area contributed by atoms with Gasteiger partial charge < -0.3 is 9.84 Å². The summed E-state index contributed by atoms with van der Waals surface area (Å²) in [5, 5.41) is 8.96. The second kappa shape index (κ2) is 8.89. The topological polar surface area (TPSA) is 76.5 Å². The number of ether oxygens (including phenoxy) is 1. The standard InChI is InChI=1S/C26H21NO4S/c1-26(2)15-23(31-25(30)18-6-4-3-5-7-18)32-22-13-9-17(14-21(22)26)8-11-20-12-10-19(16-27-20)24(28)29/h3-7,9-10,12-14,16,23H,15H2,1-2H3,(H,28,29)/t23-/m0/s1. The van der Waals surface area contributed by atoms with Gasteiger partial charge in [0.1, 0.15) is 5.69 Å². The third-order valence-electron chi connectivity index (χ3n) is 5.24. The largest absolute Gasteiger partial charge is 0.478 e. The summed E-state index contributed by atoms with van der Waals surface area (Å²) in [6, 6.07) is 18.1. The fourth-order valence-electron chi connectivity index (χ4n) is 3.51. The maximum absolute atomic E-state index is 12.5. The minimum Gasteiger partial charge on any atom is -0.478 e. The third-order valence-corrected chi connectivity index (χ3v) is 6.37. The molecule has 32 heavy (non-hydrogen) atoms. The third kappa shape index (κ3) is 4.84. The molecule has 4 rings (SSSR count). The quantitative estimate of drug-likeness (QED) is 0.446. The molecule has 0 saturated heterocycles. The number of thioether (sulfide) groups is 1. The van der Waals surface area contributed by atoms with Crippen molar-refractivity contribution in [2.24, 2.45) is 0 Å². The minimum atomic E-state index is -1.01. The van der Waals surface area contributed by atoms with Crippen molar-refractivity contribution in [2.75, 3.05) is 0 Å². The highest BCUT2D eigenvalue weighted by molar-refractivity contribution is 7.99. The van der Waals surface area contributed by atoms with Gasteiger partial charge in [0.2, 0.25) is 0 Å². The summed E-state index contributed by atoms with van der Waals surface area (Å²) < 4.78 is 5.78. The first-order chi connectivity index (χ1) is 15.3. The molecule has 1 aliphatic rings. The molecule has 5 nitrogen and oxygen atoms in total. The monoisotopic (exact) mass is 443 g/mol. The Bertz CT molecular complexity index is 1220. The van der Waals surface area contributed by atoms with Gasteiger partial charge in [0.25, 0.3) is 0 Å². The summed E-state index contributed by atoms with van der Waals surface area (Å²) in [6.45, 7) is 4.27. The minimum absolute atomic E-state index is 0.130. The number of rotatable bonds is 3. The average Bonchev–Trinajstić information content (AvgIpc) is 2.78. The van der Waals surface area contributed by atoms with E-state index in [9.17, 15) is 9.59 Å². The van der Waals surface area contributed by atoms with E-state index in [1.54, 1.807) is 30.0 Å². The number of fused-ring (bicyclic) bond motifs is 1. The molecule has 2 aromatic carbocycles. The van der Waals surface area contributed by atoms with Gasteiger partial charge >= 0.3 is 11.9 Å². The summed E-state index contributed by atoms with van der Waals surface area (Å²) in [5.74, 6) is 4.76. The Kier molecular flexibility index (Phi) is 6.02. The van der Waals surface area contributed by atoms with Crippen LogP contribution in [0.2, 0.25) is 0 Å². The molecule has 0 unspecified atom stereocenters. The van der Waals surface area contributed by atoms with Gasteiger partial charge in [-0.3, -0.25) is 0 Å². The Morgan fingerprint density at radius 2 is 1.84 bits per heavy atom. The lowest BCUT2D eigenvalue weighted by molar-refractivity contribution is 0.0415. The van der Waals surface area contributed by atoms with Gasteiger partial charge in [0.15, 0.2) is 5.44 Å². The van der Waals surface area contributed by atoms with Gasteiger partial charge in [-0.05, 0) is 59.4 Å². The Balaban J connectivity index is 1.52. The molecule has 0 bridgehead atoms. The molecule has 6 heteroatoms. The summed E-state index contributed by atoms with van der Waals surface area (Å²) in [4.78, 5) is 28.6. The number of carboxylic acid groups (broad SMARTS) is 1. The van der Waals surface area contributed by atoms with Gasteiger partial charge in [-0.2, -0.15) is 0 Å². The number of aromatic nitrogens is 1. The van der Waals surface area contributed by atoms with Gasteiger partial charge in [-0.1, -0.05) is 49.7 Å². The molecule has 1 N–H and O–H groups in total. The van der Waals surface area contributed by atoms with Crippen molar-refractivity contribution in [1.29, 1.82) is 0 Å². The number of hydrogen-bond acceptors (Lipinski definition) is 5. The molecular weight excluding hydrogens is 422 g/mol. The van der Waals surface area contributed by atoms with Gasteiger partial charge in [0, 0.05) is 23.1 Å². The van der Waals surface area contributed by atoms with Crippen molar-refractivity contribution in [3.63, 3.8) is 0 Å². The first-order valence-corrected chi connectivity index (χ1v) is 11.0. The van der Waals surface area contributed by atoms with Crippen molar-refractivity contribution in [3.8, 4) is 11.8 Å². The van der Waals surface area contributed by atoms with Crippen LogP contribution in [0, 0.1) is 11.8 Å². The smallest absolute Gasteiger partial charge is 0.339 e. The molecule has 2 heterocycles. The van der Waals surface area contributed by atoms with Crippen molar-refractivity contribution in [2.45, 2.75) is 36.0 Å². The van der Waals surface area contributed by atoms with Crippen molar-refractivity contribution in [3.05, 3.63) is 94.8 Å². The number of pyridine rings is 1. The molecule has 3 aromatic rings. The van der Waals surface area contributed by atoms with Crippen LogP contribution in [0.4, 0.5) is 0 Å². The van der Waals surface area contributed by atoms with Crippen LogP contribution in [-0.4, -0.2) is 27.5 Å². The summed E-state index contributed by atoms with van der Waals surface area (Å²) in [5.41, 5.74) is 2.74. The number of hydrogen-bond donors (Lipinski definition) is 1. The van der Waals surface area contributed by atoms with E-state index in [-0.39, 0.29) is 22.4 Å². The first kappa shape index (κ1) is 21.7. The van der Waals surface area contributed by atoms with Crippen LogP contribution in [0.25, 0.3) is 0 Å². The molecule has 0 radical (unpaired) electrons. The van der Waals surface area contributed by atoms with E-state index in [0.717, 1.165) is 16.0 Å². The second-order valence-corrected chi connectivity index (χ2v) is 9.31. The van der Waals surface area contributed by atoms with Crippen LogP contribution in [0.5, 0.6) is 0 Å². The maximum Gasteiger partial charge on any atom is 0.339 e. The molecule has 0 fully saturated rings. The van der Waals surface area contributed by atoms with Gasteiger partial charge in [-0.15, -0.1) is 0 Å². The molecule has 0 amide bonds. The van der Waals surface area contributed by atoms with Crippen LogP contribution in [0.1, 0.15) is 57.8 Å². The summed E-state index contributed by atoms with van der Waals surface area (Å²) >= 11 is 1.55. The number of carbonyl (C=O) groups excluding carboxylic acids is 1. The Morgan fingerprint density at radius 1 is 1.06 bits per heavy atom. The average molecular weight is 444 g/mol. The number of benzene rings is 2. The highest BCUT2D eigenvalue weighted by Crippen LogP contribution is 2.46. The van der Waals surface area contributed by atoms with Crippen LogP contribution < -0.4 is 0 Å². The van der Waals surface area contributed by atoms with Crippen LogP contribution in [-0.2, 0) is 10.2 Å². The van der Waals surface area contributed by atoms with E-state index in [2.05, 4.69) is 36.7 Å². The fourth-order valence-corrected chi connectivity index (χ4v) is 5.03. The predicted octanol–water partition coefficient (Wildman–Crippen LogP) is 5.14. The van der Waals surface area contributed by atoms with E-state index < -0.39 is 5.97 Å². The zero-order chi connectivity index (χ0) is 22.7. The lowest BCUT2D eigenvalue weighted by Crippen LogP contribution is -2.31. The summed E-state index contributed by atoms with van der Waals surface area (Å²) in [6.07, 6.45) is 1.99. The van der Waals surface area contributed by atoms with E-state index in [1.165, 1.54) is 12.3 Å². The van der Waals surface area contributed by atoms with Gasteiger partial charge in [0.05, 0.1) is 11.1 Å².